The summed E-state index contributed by atoms with van der Waals surface area (Å²) >= 11 is 1.43. The van der Waals surface area contributed by atoms with E-state index in [0.717, 1.165) is 10.9 Å². The summed E-state index contributed by atoms with van der Waals surface area (Å²) in [5, 5.41) is 1.84. The van der Waals surface area contributed by atoms with E-state index in [9.17, 15) is 18.0 Å². The summed E-state index contributed by atoms with van der Waals surface area (Å²) < 4.78 is 37.3. The Bertz CT molecular complexity index is 614. The molecule has 0 spiro atoms. The van der Waals surface area contributed by atoms with Crippen molar-refractivity contribution in [2.45, 2.75) is 6.18 Å². The van der Waals surface area contributed by atoms with Gasteiger partial charge in [0.25, 0.3) is 0 Å². The average molecular weight is 272 g/mol. The predicted molar refractivity (Wildman–Crippen MR) is 63.1 cm³/mol. The summed E-state index contributed by atoms with van der Waals surface area (Å²) in [6.07, 6.45) is -1.61. The molecule has 0 saturated carbocycles. The van der Waals surface area contributed by atoms with Crippen LogP contribution in [-0.4, -0.2) is 9.97 Å². The highest BCUT2D eigenvalue weighted by atomic mass is 32.1. The predicted octanol–water partition coefficient (Wildman–Crippen LogP) is 3.02. The molecule has 0 bridgehead atoms. The Morgan fingerprint density at radius 1 is 1.33 bits per heavy atom. The van der Waals surface area contributed by atoms with E-state index in [0.29, 0.717) is 0 Å². The van der Waals surface area contributed by atoms with E-state index < -0.39 is 17.6 Å². The van der Waals surface area contributed by atoms with Gasteiger partial charge in [0.15, 0.2) is 0 Å². The lowest BCUT2D eigenvalue weighted by molar-refractivity contribution is -0.141. The molecule has 2 aromatic rings. The number of aromatic amines is 1. The van der Waals surface area contributed by atoms with Crippen LogP contribution in [0, 0.1) is 0 Å². The molecule has 0 unspecified atom stereocenters. The maximum atomic E-state index is 12.4. The van der Waals surface area contributed by atoms with Gasteiger partial charge in [-0.1, -0.05) is 6.07 Å². The second kappa shape index (κ2) is 4.77. The molecule has 0 amide bonds. The lowest BCUT2D eigenvalue weighted by Crippen LogP contribution is -2.19. The fourth-order valence-electron chi connectivity index (χ4n) is 1.27. The normalized spacial score (nSPS) is 12.2. The van der Waals surface area contributed by atoms with Gasteiger partial charge < -0.3 is 4.98 Å². The van der Waals surface area contributed by atoms with Gasteiger partial charge >= 0.3 is 11.9 Å². The molecule has 18 heavy (non-hydrogen) atoms. The second-order valence-electron chi connectivity index (χ2n) is 3.37. The SMILES string of the molecule is O=c1nc(/C=C/c2cccs2)cc(C(F)(F)F)[nH]1. The molecule has 1 N–H and O–H groups in total. The minimum absolute atomic E-state index is 0.0283. The second-order valence-corrected chi connectivity index (χ2v) is 4.35. The molecule has 0 aliphatic rings. The fraction of sp³-hybridized carbons (Fsp3) is 0.0909. The number of halogens is 3. The van der Waals surface area contributed by atoms with Crippen molar-refractivity contribution in [3.63, 3.8) is 0 Å². The number of hydrogen-bond acceptors (Lipinski definition) is 3. The lowest BCUT2D eigenvalue weighted by atomic mass is 10.3. The molecule has 0 fully saturated rings. The van der Waals surface area contributed by atoms with Gasteiger partial charge in [-0.15, -0.1) is 11.3 Å². The number of thiophene rings is 1. The van der Waals surface area contributed by atoms with Crippen molar-refractivity contribution in [1.82, 2.24) is 9.97 Å². The summed E-state index contributed by atoms with van der Waals surface area (Å²) in [5.41, 5.74) is -2.15. The Morgan fingerprint density at radius 3 is 2.72 bits per heavy atom. The Morgan fingerprint density at radius 2 is 2.11 bits per heavy atom. The molecule has 2 rings (SSSR count). The van der Waals surface area contributed by atoms with Crippen LogP contribution in [0.4, 0.5) is 13.2 Å². The van der Waals surface area contributed by atoms with Crippen LogP contribution in [0.15, 0.2) is 28.4 Å². The van der Waals surface area contributed by atoms with Crippen molar-refractivity contribution in [3.8, 4) is 0 Å². The van der Waals surface area contributed by atoms with Crippen LogP contribution in [0.1, 0.15) is 16.3 Å². The van der Waals surface area contributed by atoms with E-state index in [2.05, 4.69) is 4.98 Å². The average Bonchev–Trinajstić information content (AvgIpc) is 2.77. The molecule has 3 nitrogen and oxygen atoms in total. The van der Waals surface area contributed by atoms with Crippen LogP contribution < -0.4 is 5.69 Å². The monoisotopic (exact) mass is 272 g/mol. The van der Waals surface area contributed by atoms with Crippen molar-refractivity contribution in [2.75, 3.05) is 0 Å². The number of H-pyrrole nitrogens is 1. The van der Waals surface area contributed by atoms with Gasteiger partial charge in [0, 0.05) is 4.88 Å². The highest BCUT2D eigenvalue weighted by Gasteiger charge is 2.32. The fourth-order valence-corrected chi connectivity index (χ4v) is 1.89. The van der Waals surface area contributed by atoms with Gasteiger partial charge in [-0.25, -0.2) is 4.79 Å². The third-order valence-corrected chi connectivity index (χ3v) is 2.87. The molecule has 2 aromatic heterocycles. The summed E-state index contributed by atoms with van der Waals surface area (Å²) in [6.45, 7) is 0. The Balaban J connectivity index is 2.35. The molecular weight excluding hydrogens is 265 g/mol. The first-order chi connectivity index (χ1) is 8.45. The molecule has 0 aliphatic heterocycles. The highest BCUT2D eigenvalue weighted by Crippen LogP contribution is 2.27. The number of nitrogens with one attached hydrogen (secondary N) is 1. The van der Waals surface area contributed by atoms with Crippen molar-refractivity contribution >= 4 is 23.5 Å². The third kappa shape index (κ3) is 3.07. The minimum atomic E-state index is -4.59. The molecule has 0 aromatic carbocycles. The summed E-state index contributed by atoms with van der Waals surface area (Å²) in [6, 6.07) is 4.42. The van der Waals surface area contributed by atoms with E-state index >= 15 is 0 Å². The number of aromatic nitrogens is 2. The highest BCUT2D eigenvalue weighted by molar-refractivity contribution is 7.10. The Kier molecular flexibility index (Phi) is 3.33. The largest absolute Gasteiger partial charge is 0.431 e. The van der Waals surface area contributed by atoms with Crippen LogP contribution in [0.5, 0.6) is 0 Å². The quantitative estimate of drug-likeness (QED) is 0.913. The van der Waals surface area contributed by atoms with Gasteiger partial charge in [-0.3, -0.25) is 0 Å². The lowest BCUT2D eigenvalue weighted by Gasteiger charge is -2.05. The van der Waals surface area contributed by atoms with Crippen molar-refractivity contribution in [3.05, 3.63) is 50.3 Å². The van der Waals surface area contributed by atoms with E-state index in [1.807, 2.05) is 11.4 Å². The van der Waals surface area contributed by atoms with Crippen molar-refractivity contribution in [2.24, 2.45) is 0 Å². The first kappa shape index (κ1) is 12.6. The molecule has 0 aliphatic carbocycles. The number of hydrogen-bond donors (Lipinski definition) is 1. The Hall–Kier alpha value is -1.89. The first-order valence-corrected chi connectivity index (χ1v) is 5.73. The van der Waals surface area contributed by atoms with Crippen molar-refractivity contribution in [1.29, 1.82) is 0 Å². The van der Waals surface area contributed by atoms with Gasteiger partial charge in [0.2, 0.25) is 0 Å². The summed E-state index contributed by atoms with van der Waals surface area (Å²) in [7, 11) is 0. The molecule has 2 heterocycles. The van der Waals surface area contributed by atoms with Gasteiger partial charge in [-0.2, -0.15) is 18.2 Å². The van der Waals surface area contributed by atoms with E-state index in [4.69, 9.17) is 0 Å². The molecule has 0 saturated heterocycles. The molecule has 94 valence electrons. The topological polar surface area (TPSA) is 45.8 Å². The smallest absolute Gasteiger partial charge is 0.302 e. The van der Waals surface area contributed by atoms with Crippen molar-refractivity contribution < 1.29 is 13.2 Å². The maximum Gasteiger partial charge on any atom is 0.431 e. The van der Waals surface area contributed by atoms with Gasteiger partial charge in [0.05, 0.1) is 5.69 Å². The zero-order valence-corrected chi connectivity index (χ0v) is 9.68. The standard InChI is InChI=1S/C11H7F3N2OS/c12-11(13,14)9-6-7(15-10(17)16-9)3-4-8-2-1-5-18-8/h1-6H,(H,15,16,17)/b4-3+. The minimum Gasteiger partial charge on any atom is -0.302 e. The number of nitrogens with zero attached hydrogens (tertiary/aromatic N) is 1. The van der Waals surface area contributed by atoms with Gasteiger partial charge in [-0.05, 0) is 29.7 Å². The zero-order valence-electron chi connectivity index (χ0n) is 8.86. The number of alkyl halides is 3. The first-order valence-electron chi connectivity index (χ1n) is 4.85. The zero-order chi connectivity index (χ0) is 13.2. The molecule has 0 radical (unpaired) electrons. The van der Waals surface area contributed by atoms with Crippen LogP contribution in [0.2, 0.25) is 0 Å². The Labute approximate surface area is 104 Å². The summed E-state index contributed by atoms with van der Waals surface area (Å²) in [4.78, 5) is 17.0. The van der Waals surface area contributed by atoms with Crippen LogP contribution in [0.25, 0.3) is 12.2 Å². The molecular formula is C11H7F3N2OS. The van der Waals surface area contributed by atoms with E-state index in [1.54, 1.807) is 17.1 Å². The molecule has 7 heteroatoms. The maximum absolute atomic E-state index is 12.4. The van der Waals surface area contributed by atoms with Crippen LogP contribution in [0.3, 0.4) is 0 Å². The number of rotatable bonds is 2. The van der Waals surface area contributed by atoms with Crippen LogP contribution in [-0.2, 0) is 6.18 Å². The van der Waals surface area contributed by atoms with E-state index in [-0.39, 0.29) is 5.69 Å². The van der Waals surface area contributed by atoms with E-state index in [1.165, 1.54) is 17.4 Å². The molecule has 0 atom stereocenters. The van der Waals surface area contributed by atoms with Gasteiger partial charge in [0.1, 0.15) is 5.69 Å². The summed E-state index contributed by atoms with van der Waals surface area (Å²) in [5.74, 6) is 0. The third-order valence-electron chi connectivity index (χ3n) is 2.03. The van der Waals surface area contributed by atoms with Crippen LogP contribution >= 0.6 is 11.3 Å².